The van der Waals surface area contributed by atoms with Crippen molar-refractivity contribution < 1.29 is 13.5 Å². The molecule has 2 N–H and O–H groups in total. The summed E-state index contributed by atoms with van der Waals surface area (Å²) in [7, 11) is 0. The summed E-state index contributed by atoms with van der Waals surface area (Å²) in [6, 6.07) is 5.16. The zero-order valence-electron chi connectivity index (χ0n) is 10.8. The van der Waals surface area contributed by atoms with Crippen molar-refractivity contribution in [3.8, 4) is 0 Å². The van der Waals surface area contributed by atoms with Crippen LogP contribution in [0.25, 0.3) is 0 Å². The molecule has 0 aliphatic carbocycles. The Hall–Kier alpha value is -2.24. The second kappa shape index (κ2) is 5.03. The molecular weight excluding hydrogens is 262 g/mol. The van der Waals surface area contributed by atoms with Gasteiger partial charge in [-0.25, -0.2) is 8.78 Å². The van der Waals surface area contributed by atoms with E-state index in [-0.39, 0.29) is 11.9 Å². The van der Waals surface area contributed by atoms with E-state index in [0.29, 0.717) is 5.56 Å². The Kier molecular flexibility index (Phi) is 3.22. The van der Waals surface area contributed by atoms with Gasteiger partial charge in [0.2, 0.25) is 5.82 Å². The maximum Gasteiger partial charge on any atom is 0.311 e. The average Bonchev–Trinajstić information content (AvgIpc) is 2.91. The first-order valence-electron chi connectivity index (χ1n) is 6.49. The van der Waals surface area contributed by atoms with E-state index >= 15 is 0 Å². The zero-order chi connectivity index (χ0) is 14.1. The summed E-state index contributed by atoms with van der Waals surface area (Å²) in [4.78, 5) is 6.22. The SMILES string of the molecule is N[n+]1ccc(N2CCC[C@@H]2c2cc(F)ccc2F)nc1. The molecule has 2 aromatic rings. The summed E-state index contributed by atoms with van der Waals surface area (Å²) in [6.45, 7) is 0.766. The van der Waals surface area contributed by atoms with Gasteiger partial charge in [-0.1, -0.05) is 0 Å². The molecule has 1 saturated heterocycles. The van der Waals surface area contributed by atoms with Crippen molar-refractivity contribution in [2.75, 3.05) is 17.3 Å². The monoisotopic (exact) mass is 277 g/mol. The minimum atomic E-state index is -0.422. The van der Waals surface area contributed by atoms with Crippen molar-refractivity contribution in [2.24, 2.45) is 0 Å². The maximum absolute atomic E-state index is 13.9. The van der Waals surface area contributed by atoms with E-state index < -0.39 is 5.82 Å². The molecule has 104 valence electrons. The molecule has 0 unspecified atom stereocenters. The molecule has 0 amide bonds. The highest BCUT2D eigenvalue weighted by molar-refractivity contribution is 5.42. The zero-order valence-corrected chi connectivity index (χ0v) is 10.8. The second-order valence-electron chi connectivity index (χ2n) is 4.88. The average molecular weight is 277 g/mol. The number of halogens is 2. The molecule has 4 nitrogen and oxygen atoms in total. The van der Waals surface area contributed by atoms with Crippen molar-refractivity contribution in [1.29, 1.82) is 0 Å². The fourth-order valence-corrected chi connectivity index (χ4v) is 2.66. The van der Waals surface area contributed by atoms with E-state index in [9.17, 15) is 8.78 Å². The second-order valence-corrected chi connectivity index (χ2v) is 4.88. The molecule has 2 heterocycles. The van der Waals surface area contributed by atoms with Gasteiger partial charge in [0.05, 0.1) is 6.04 Å². The molecule has 0 spiro atoms. The highest BCUT2D eigenvalue weighted by Crippen LogP contribution is 2.36. The third-order valence-electron chi connectivity index (χ3n) is 3.58. The maximum atomic E-state index is 13.9. The van der Waals surface area contributed by atoms with Crippen LogP contribution in [0.3, 0.4) is 0 Å². The predicted molar refractivity (Wildman–Crippen MR) is 70.3 cm³/mol. The van der Waals surface area contributed by atoms with Crippen molar-refractivity contribution >= 4 is 5.82 Å². The Balaban J connectivity index is 1.96. The molecule has 1 aliphatic rings. The van der Waals surface area contributed by atoms with Crippen LogP contribution in [0.15, 0.2) is 36.8 Å². The highest BCUT2D eigenvalue weighted by atomic mass is 19.1. The summed E-state index contributed by atoms with van der Waals surface area (Å²) < 4.78 is 28.6. The van der Waals surface area contributed by atoms with Gasteiger partial charge in [-0.3, -0.25) is 5.84 Å². The molecule has 0 saturated carbocycles. The number of anilines is 1. The first-order chi connectivity index (χ1) is 9.65. The third-order valence-corrected chi connectivity index (χ3v) is 3.58. The first-order valence-corrected chi connectivity index (χ1v) is 6.49. The molecule has 0 bridgehead atoms. The van der Waals surface area contributed by atoms with E-state index in [1.807, 2.05) is 4.90 Å². The van der Waals surface area contributed by atoms with Gasteiger partial charge < -0.3 is 4.90 Å². The van der Waals surface area contributed by atoms with Gasteiger partial charge in [0, 0.05) is 18.2 Å². The van der Waals surface area contributed by atoms with Gasteiger partial charge >= 0.3 is 6.33 Å². The number of nitrogen functional groups attached to an aromatic ring is 1. The normalized spacial score (nSPS) is 18.5. The number of aromatic nitrogens is 2. The summed E-state index contributed by atoms with van der Waals surface area (Å²) in [5.41, 5.74) is 0.383. The first kappa shape index (κ1) is 12.8. The Bertz CT molecular complexity index is 615. The number of benzene rings is 1. The lowest BCUT2D eigenvalue weighted by Gasteiger charge is -2.23. The van der Waals surface area contributed by atoms with E-state index in [2.05, 4.69) is 4.98 Å². The van der Waals surface area contributed by atoms with Gasteiger partial charge in [-0.05, 0) is 36.0 Å². The molecule has 1 aromatic heterocycles. The van der Waals surface area contributed by atoms with Gasteiger partial charge in [0.15, 0.2) is 0 Å². The molecule has 1 aromatic carbocycles. The summed E-state index contributed by atoms with van der Waals surface area (Å²) >= 11 is 0. The van der Waals surface area contributed by atoms with Gasteiger partial charge in [-0.2, -0.15) is 0 Å². The lowest BCUT2D eigenvalue weighted by Crippen LogP contribution is -2.44. The predicted octanol–water partition coefficient (Wildman–Crippen LogP) is 1.70. The van der Waals surface area contributed by atoms with Crippen LogP contribution in [-0.2, 0) is 0 Å². The Morgan fingerprint density at radius 3 is 2.90 bits per heavy atom. The van der Waals surface area contributed by atoms with Crippen molar-refractivity contribution in [2.45, 2.75) is 18.9 Å². The molecule has 20 heavy (non-hydrogen) atoms. The van der Waals surface area contributed by atoms with Crippen LogP contribution >= 0.6 is 0 Å². The van der Waals surface area contributed by atoms with Crippen molar-refractivity contribution in [1.82, 2.24) is 4.98 Å². The smallest absolute Gasteiger partial charge is 0.311 e. The number of hydrogen-bond donors (Lipinski definition) is 1. The lowest BCUT2D eigenvalue weighted by atomic mass is 10.0. The lowest BCUT2D eigenvalue weighted by molar-refractivity contribution is -0.642. The molecule has 1 aliphatic heterocycles. The fraction of sp³-hybridized carbons (Fsp3) is 0.286. The van der Waals surface area contributed by atoms with Crippen LogP contribution in [-0.4, -0.2) is 11.5 Å². The summed E-state index contributed by atoms with van der Waals surface area (Å²) in [5, 5.41) is 0. The number of nitrogens with two attached hydrogens (primary N) is 1. The fourth-order valence-electron chi connectivity index (χ4n) is 2.66. The largest absolute Gasteiger partial charge is 0.329 e. The number of nitrogens with zero attached hydrogens (tertiary/aromatic N) is 3. The molecule has 6 heteroatoms. The van der Waals surface area contributed by atoms with Crippen molar-refractivity contribution in [3.05, 3.63) is 54.0 Å². The van der Waals surface area contributed by atoms with Gasteiger partial charge in [0.1, 0.15) is 17.8 Å². The standard InChI is InChI=1S/C14H15F2N4/c15-10-3-4-12(16)11(8-10)13-2-1-6-20(13)14-5-7-19(17)9-18-14/h3-5,7-9,13H,1-2,6,17H2/q+1/t13-/m1/s1. The van der Waals surface area contributed by atoms with E-state index in [0.717, 1.165) is 31.3 Å². The van der Waals surface area contributed by atoms with Gasteiger partial charge in [-0.15, -0.1) is 4.68 Å². The summed E-state index contributed by atoms with van der Waals surface area (Å²) in [5.74, 6) is 5.46. The van der Waals surface area contributed by atoms with E-state index in [1.165, 1.54) is 23.1 Å². The van der Waals surface area contributed by atoms with Crippen LogP contribution in [0, 0.1) is 11.6 Å². The third kappa shape index (κ3) is 2.29. The van der Waals surface area contributed by atoms with Crippen LogP contribution in [0.2, 0.25) is 0 Å². The number of hydrogen-bond acceptors (Lipinski definition) is 3. The van der Waals surface area contributed by atoms with Crippen LogP contribution in [0.5, 0.6) is 0 Å². The summed E-state index contributed by atoms with van der Waals surface area (Å²) in [6.07, 6.45) is 4.87. The Labute approximate surface area is 115 Å². The van der Waals surface area contributed by atoms with Crippen LogP contribution in [0.1, 0.15) is 24.4 Å². The van der Waals surface area contributed by atoms with Crippen LogP contribution < -0.4 is 15.4 Å². The molecule has 1 atom stereocenters. The quantitative estimate of drug-likeness (QED) is 0.671. The van der Waals surface area contributed by atoms with Gasteiger partial charge in [0.25, 0.3) is 0 Å². The number of rotatable bonds is 2. The molecule has 1 fully saturated rings. The Morgan fingerprint density at radius 1 is 1.30 bits per heavy atom. The molecule has 0 radical (unpaired) electrons. The minimum absolute atomic E-state index is 0.188. The van der Waals surface area contributed by atoms with Crippen LogP contribution in [0.4, 0.5) is 14.6 Å². The van der Waals surface area contributed by atoms with Crippen molar-refractivity contribution in [3.63, 3.8) is 0 Å². The minimum Gasteiger partial charge on any atom is -0.329 e. The molecule has 3 rings (SSSR count). The van der Waals surface area contributed by atoms with E-state index in [1.54, 1.807) is 12.3 Å². The Morgan fingerprint density at radius 2 is 2.15 bits per heavy atom. The molecular formula is C14H15F2N4+. The highest BCUT2D eigenvalue weighted by Gasteiger charge is 2.31. The van der Waals surface area contributed by atoms with E-state index in [4.69, 9.17) is 5.84 Å². The topological polar surface area (TPSA) is 46.0 Å².